The fraction of sp³-hybridized carbons (Fsp3) is 0.483. The summed E-state index contributed by atoms with van der Waals surface area (Å²) in [5, 5.41) is 10.5. The second-order valence-corrected chi connectivity index (χ2v) is 11.2. The number of nitrogens with zero attached hydrogens (tertiary/aromatic N) is 6. The van der Waals surface area contributed by atoms with Crippen LogP contribution >= 0.6 is 0 Å². The molecule has 0 radical (unpaired) electrons. The van der Waals surface area contributed by atoms with E-state index in [0.717, 1.165) is 62.6 Å². The first-order valence-corrected chi connectivity index (χ1v) is 13.8. The predicted molar refractivity (Wildman–Crippen MR) is 151 cm³/mol. The molecule has 3 aliphatic rings. The molecule has 0 bridgehead atoms. The first-order chi connectivity index (χ1) is 18.9. The first-order valence-electron chi connectivity index (χ1n) is 13.8. The Labute approximate surface area is 227 Å². The van der Waals surface area contributed by atoms with Crippen LogP contribution in [0.3, 0.4) is 0 Å². The van der Waals surface area contributed by atoms with Crippen LogP contribution in [0.15, 0.2) is 47.4 Å². The second kappa shape index (κ2) is 10.6. The number of alkyl halides is 1. The van der Waals surface area contributed by atoms with E-state index in [-0.39, 0.29) is 5.56 Å². The topological polar surface area (TPSA) is 109 Å². The van der Waals surface area contributed by atoms with Gasteiger partial charge >= 0.3 is 0 Å². The zero-order valence-electron chi connectivity index (χ0n) is 22.3. The molecule has 39 heavy (non-hydrogen) atoms. The molecular formula is C29H35FN8O. The van der Waals surface area contributed by atoms with Crippen molar-refractivity contribution in [3.05, 3.63) is 64.1 Å². The highest BCUT2D eigenvalue weighted by Crippen LogP contribution is 2.31. The lowest BCUT2D eigenvalue weighted by Gasteiger charge is -2.51. The number of nitrogens with one attached hydrogen (secondary N) is 1. The minimum Gasteiger partial charge on any atom is -0.368 e. The molecule has 6 rings (SSSR count). The van der Waals surface area contributed by atoms with E-state index in [1.54, 1.807) is 0 Å². The number of aromatic amines is 1. The third-order valence-electron chi connectivity index (χ3n) is 8.57. The molecule has 0 spiro atoms. The second-order valence-electron chi connectivity index (χ2n) is 11.2. The summed E-state index contributed by atoms with van der Waals surface area (Å²) in [6.07, 6.45) is 1.83. The average Bonchev–Trinajstić information content (AvgIpc) is 3.28. The summed E-state index contributed by atoms with van der Waals surface area (Å²) in [6.45, 7) is 8.92. The van der Waals surface area contributed by atoms with Crippen LogP contribution in [-0.4, -0.2) is 96.4 Å². The lowest BCUT2D eigenvalue weighted by Crippen LogP contribution is -2.65. The lowest BCUT2D eigenvalue weighted by molar-refractivity contribution is 0.0356. The quantitative estimate of drug-likeness (QED) is 0.514. The molecule has 3 N–H and O–H groups in total. The fourth-order valence-electron chi connectivity index (χ4n) is 6.45. The van der Waals surface area contributed by atoms with Gasteiger partial charge in [0.1, 0.15) is 18.1 Å². The van der Waals surface area contributed by atoms with E-state index in [9.17, 15) is 14.4 Å². The van der Waals surface area contributed by atoms with Crippen LogP contribution in [0.2, 0.25) is 0 Å². The maximum Gasteiger partial charge on any atom is 0.248 e. The van der Waals surface area contributed by atoms with E-state index in [2.05, 4.69) is 43.7 Å². The van der Waals surface area contributed by atoms with Crippen LogP contribution in [0.4, 0.5) is 15.9 Å². The highest BCUT2D eigenvalue weighted by molar-refractivity contribution is 5.95. The third-order valence-corrected chi connectivity index (χ3v) is 8.57. The summed E-state index contributed by atoms with van der Waals surface area (Å²) >= 11 is 0. The van der Waals surface area contributed by atoms with Crippen molar-refractivity contribution in [1.82, 2.24) is 19.8 Å². The number of rotatable bonds is 5. The van der Waals surface area contributed by atoms with Crippen molar-refractivity contribution in [3.8, 4) is 6.07 Å². The molecule has 9 nitrogen and oxygen atoms in total. The number of piperazine rings is 2. The van der Waals surface area contributed by atoms with Gasteiger partial charge in [-0.05, 0) is 43.2 Å². The monoisotopic (exact) mass is 530 g/mol. The lowest BCUT2D eigenvalue weighted by atomic mass is 10.0. The number of nitriles is 1. The number of pyridine rings is 2. The van der Waals surface area contributed by atoms with Crippen molar-refractivity contribution in [2.45, 2.75) is 37.6 Å². The molecule has 10 heteroatoms. The zero-order chi connectivity index (χ0) is 27.1. The normalized spacial score (nSPS) is 26.1. The predicted octanol–water partition coefficient (Wildman–Crippen LogP) is 1.72. The molecule has 3 fully saturated rings. The number of aromatic nitrogens is 2. The summed E-state index contributed by atoms with van der Waals surface area (Å²) < 4.78 is 13.8. The van der Waals surface area contributed by atoms with Gasteiger partial charge in [-0.15, -0.1) is 0 Å². The average molecular weight is 531 g/mol. The van der Waals surface area contributed by atoms with Crippen molar-refractivity contribution in [3.63, 3.8) is 0 Å². The Morgan fingerprint density at radius 3 is 2.69 bits per heavy atom. The van der Waals surface area contributed by atoms with Crippen LogP contribution in [0.25, 0.3) is 10.9 Å². The fourth-order valence-corrected chi connectivity index (χ4v) is 6.45. The SMILES string of the molecule is CC1CN(c2ccc(C#N)c3[nH]c(=O)ccc23)CC2CN(CCc3ccc(N4CC(N)C(F)C4)nc3)CCN12. The summed E-state index contributed by atoms with van der Waals surface area (Å²) in [5.74, 6) is 0.790. The van der Waals surface area contributed by atoms with Crippen molar-refractivity contribution in [2.24, 2.45) is 5.73 Å². The summed E-state index contributed by atoms with van der Waals surface area (Å²) in [6, 6.07) is 13.8. The van der Waals surface area contributed by atoms with E-state index >= 15 is 0 Å². The Balaban J connectivity index is 1.11. The van der Waals surface area contributed by atoms with E-state index < -0.39 is 12.2 Å². The third kappa shape index (κ3) is 5.10. The minimum absolute atomic E-state index is 0.198. The number of H-pyrrole nitrogens is 1. The Kier molecular flexibility index (Phi) is 6.97. The van der Waals surface area contributed by atoms with E-state index in [4.69, 9.17) is 5.73 Å². The standard InChI is InChI=1S/C29H35FN8O/c1-19-14-36(26-5-3-21(12-31)29-23(26)4-7-28(39)34-29)16-22-15-35(10-11-38(19)22)9-8-20-2-6-27(33-13-20)37-17-24(30)25(32)18-37/h2-7,13,19,22,24-25H,8-11,14-18,32H2,1H3,(H,34,39). The van der Waals surface area contributed by atoms with Crippen LogP contribution in [0.5, 0.6) is 0 Å². The van der Waals surface area contributed by atoms with E-state index in [0.29, 0.717) is 36.3 Å². The zero-order valence-corrected chi connectivity index (χ0v) is 22.3. The van der Waals surface area contributed by atoms with Gasteiger partial charge in [0, 0.05) is 81.2 Å². The van der Waals surface area contributed by atoms with Gasteiger partial charge in [0.2, 0.25) is 5.56 Å². The van der Waals surface area contributed by atoms with Gasteiger partial charge in [-0.3, -0.25) is 9.69 Å². The van der Waals surface area contributed by atoms with Gasteiger partial charge in [-0.2, -0.15) is 5.26 Å². The smallest absolute Gasteiger partial charge is 0.248 e. The van der Waals surface area contributed by atoms with Gasteiger partial charge in [-0.25, -0.2) is 9.37 Å². The number of nitrogens with two attached hydrogens (primary N) is 1. The number of fused-ring (bicyclic) bond motifs is 2. The van der Waals surface area contributed by atoms with Crippen LogP contribution in [-0.2, 0) is 6.42 Å². The van der Waals surface area contributed by atoms with Crippen molar-refractivity contribution >= 4 is 22.4 Å². The maximum absolute atomic E-state index is 13.8. The molecule has 4 atom stereocenters. The first kappa shape index (κ1) is 25.7. The molecular weight excluding hydrogens is 495 g/mol. The van der Waals surface area contributed by atoms with E-state index in [1.165, 1.54) is 11.6 Å². The molecule has 3 saturated heterocycles. The molecule has 3 aliphatic heterocycles. The van der Waals surface area contributed by atoms with Crippen molar-refractivity contribution in [2.75, 3.05) is 62.2 Å². The Hall–Kier alpha value is -3.52. The number of hydrogen-bond acceptors (Lipinski definition) is 8. The number of hydrogen-bond donors (Lipinski definition) is 2. The molecule has 0 amide bonds. The van der Waals surface area contributed by atoms with E-state index in [1.807, 2.05) is 35.4 Å². The molecule has 4 unspecified atom stereocenters. The van der Waals surface area contributed by atoms with Crippen molar-refractivity contribution in [1.29, 1.82) is 5.26 Å². The number of halogens is 1. The van der Waals surface area contributed by atoms with Gasteiger partial charge in [-0.1, -0.05) is 6.07 Å². The maximum atomic E-state index is 13.8. The minimum atomic E-state index is -0.997. The largest absolute Gasteiger partial charge is 0.368 e. The molecule has 5 heterocycles. The van der Waals surface area contributed by atoms with Crippen molar-refractivity contribution < 1.29 is 4.39 Å². The van der Waals surface area contributed by atoms with Crippen LogP contribution in [0.1, 0.15) is 18.1 Å². The molecule has 0 saturated carbocycles. The van der Waals surface area contributed by atoms with Gasteiger partial charge in [0.25, 0.3) is 0 Å². The Morgan fingerprint density at radius 1 is 1.08 bits per heavy atom. The number of anilines is 2. The molecule has 0 aliphatic carbocycles. The number of benzene rings is 1. The summed E-state index contributed by atoms with van der Waals surface area (Å²) in [7, 11) is 0. The summed E-state index contributed by atoms with van der Waals surface area (Å²) in [5.41, 5.74) is 8.96. The Bertz CT molecular complexity index is 1430. The Morgan fingerprint density at radius 2 is 1.95 bits per heavy atom. The van der Waals surface area contributed by atoms with Gasteiger partial charge in [0.15, 0.2) is 0 Å². The molecule has 3 aromatic rings. The van der Waals surface area contributed by atoms with Gasteiger partial charge < -0.3 is 25.4 Å². The van der Waals surface area contributed by atoms with Gasteiger partial charge in [0.05, 0.1) is 23.7 Å². The highest BCUT2D eigenvalue weighted by Gasteiger charge is 2.36. The van der Waals surface area contributed by atoms with Crippen LogP contribution in [0, 0.1) is 11.3 Å². The molecule has 2 aromatic heterocycles. The van der Waals surface area contributed by atoms with Crippen LogP contribution < -0.4 is 21.1 Å². The highest BCUT2D eigenvalue weighted by atomic mass is 19.1. The molecule has 204 valence electrons. The summed E-state index contributed by atoms with van der Waals surface area (Å²) in [4.78, 5) is 28.9. The molecule has 1 aromatic carbocycles.